The Bertz CT molecular complexity index is 559. The van der Waals surface area contributed by atoms with E-state index in [1.54, 1.807) is 30.3 Å². The summed E-state index contributed by atoms with van der Waals surface area (Å²) in [5.41, 5.74) is 0.418. The van der Waals surface area contributed by atoms with Crippen molar-refractivity contribution in [1.29, 1.82) is 0 Å². The van der Waals surface area contributed by atoms with Crippen molar-refractivity contribution in [3.8, 4) is 0 Å². The number of barbiturate groups is 1. The molecule has 1 heterocycles. The van der Waals surface area contributed by atoms with Gasteiger partial charge in [0.15, 0.2) is 5.92 Å². The van der Waals surface area contributed by atoms with Gasteiger partial charge < -0.3 is 0 Å². The van der Waals surface area contributed by atoms with Crippen LogP contribution in [0.15, 0.2) is 35.3 Å². The van der Waals surface area contributed by atoms with Gasteiger partial charge in [0.25, 0.3) is 5.91 Å². The molecule has 0 unspecified atom stereocenters. The fraction of sp³-hybridized carbons (Fsp3) is 0.231. The van der Waals surface area contributed by atoms with Gasteiger partial charge in [-0.05, 0) is 12.1 Å². The van der Waals surface area contributed by atoms with E-state index in [9.17, 15) is 14.4 Å². The van der Waals surface area contributed by atoms with Crippen LogP contribution in [0.1, 0.15) is 0 Å². The Balaban J connectivity index is 2.27. The number of amides is 4. The molecule has 7 heteroatoms. The lowest BCUT2D eigenvalue weighted by molar-refractivity contribution is -0.131. The van der Waals surface area contributed by atoms with Crippen molar-refractivity contribution in [2.45, 2.75) is 0 Å². The zero-order chi connectivity index (χ0) is 14.5. The molecule has 0 spiro atoms. The van der Waals surface area contributed by atoms with Gasteiger partial charge in [-0.25, -0.2) is 9.69 Å². The van der Waals surface area contributed by atoms with Crippen LogP contribution in [0.3, 0.4) is 0 Å². The first-order valence-corrected chi connectivity index (χ1v) is 7.07. The number of imide groups is 2. The second-order valence-corrected chi connectivity index (χ2v) is 4.82. The Morgan fingerprint density at radius 3 is 2.60 bits per heavy atom. The van der Waals surface area contributed by atoms with Crippen LogP contribution in [0.5, 0.6) is 0 Å². The topological polar surface area (TPSA) is 78.8 Å². The molecular weight excluding hydrogens is 326 g/mol. The van der Waals surface area contributed by atoms with Gasteiger partial charge in [0.2, 0.25) is 5.91 Å². The number of hydrogen-bond donors (Lipinski definition) is 1. The molecule has 0 bridgehead atoms. The molecule has 0 radical (unpaired) electrons. The van der Waals surface area contributed by atoms with Crippen molar-refractivity contribution in [1.82, 2.24) is 5.32 Å². The summed E-state index contributed by atoms with van der Waals surface area (Å²) in [4.78, 5) is 40.7. The maximum Gasteiger partial charge on any atom is 0.335 e. The first-order chi connectivity index (χ1) is 9.65. The third-order valence-corrected chi connectivity index (χ3v) is 3.04. The van der Waals surface area contributed by atoms with Crippen molar-refractivity contribution in [2.75, 3.05) is 16.8 Å². The lowest BCUT2D eigenvalue weighted by Gasteiger charge is -2.28. The number of para-hydroxylation sites is 1. The third kappa shape index (κ3) is 2.93. The number of carbonyl (C=O) groups is 3. The molecule has 1 N–H and O–H groups in total. The molecule has 1 atom stereocenters. The molecule has 1 fully saturated rings. The molecule has 4 amide bonds. The van der Waals surface area contributed by atoms with E-state index in [-0.39, 0.29) is 0 Å². The van der Waals surface area contributed by atoms with Crippen LogP contribution in [0.4, 0.5) is 10.5 Å². The summed E-state index contributed by atoms with van der Waals surface area (Å²) in [6.45, 7) is 0.455. The number of alkyl halides is 1. The maximum atomic E-state index is 12.3. The summed E-state index contributed by atoms with van der Waals surface area (Å²) < 4.78 is 0. The van der Waals surface area contributed by atoms with E-state index < -0.39 is 23.8 Å². The number of carbonyl (C=O) groups excluding carboxylic acids is 3. The van der Waals surface area contributed by atoms with Crippen LogP contribution in [0, 0.1) is 5.92 Å². The van der Waals surface area contributed by atoms with Crippen molar-refractivity contribution < 1.29 is 14.4 Å². The first kappa shape index (κ1) is 14.4. The van der Waals surface area contributed by atoms with E-state index >= 15 is 0 Å². The van der Waals surface area contributed by atoms with E-state index in [0.29, 0.717) is 17.6 Å². The van der Waals surface area contributed by atoms with Crippen LogP contribution in [0.2, 0.25) is 0 Å². The zero-order valence-electron chi connectivity index (χ0n) is 10.5. The lowest BCUT2D eigenvalue weighted by Crippen LogP contribution is -2.58. The van der Waals surface area contributed by atoms with E-state index in [4.69, 9.17) is 0 Å². The average Bonchev–Trinajstić information content (AvgIpc) is 2.43. The molecule has 1 aliphatic rings. The Kier molecular flexibility index (Phi) is 4.62. The Morgan fingerprint density at radius 2 is 1.95 bits per heavy atom. The molecule has 104 valence electrons. The van der Waals surface area contributed by atoms with E-state index in [2.05, 4.69) is 26.2 Å². The highest BCUT2D eigenvalue weighted by Crippen LogP contribution is 2.19. The van der Waals surface area contributed by atoms with Crippen LogP contribution < -0.4 is 10.2 Å². The van der Waals surface area contributed by atoms with E-state index in [0.717, 1.165) is 4.90 Å². The molecule has 1 aliphatic heterocycles. The summed E-state index contributed by atoms with van der Waals surface area (Å²) >= 11 is 3.20. The minimum atomic E-state index is -1.08. The van der Waals surface area contributed by atoms with Gasteiger partial charge in [-0.15, -0.1) is 0 Å². The van der Waals surface area contributed by atoms with Gasteiger partial charge in [0.1, 0.15) is 0 Å². The summed E-state index contributed by atoms with van der Waals surface area (Å²) in [6, 6.07) is 7.70. The predicted molar refractivity (Wildman–Crippen MR) is 78.1 cm³/mol. The van der Waals surface area contributed by atoms with Crippen LogP contribution in [-0.2, 0) is 9.59 Å². The second-order valence-electron chi connectivity index (χ2n) is 4.03. The Hall–Kier alpha value is -2.02. The highest BCUT2D eigenvalue weighted by atomic mass is 79.9. The third-order valence-electron chi connectivity index (χ3n) is 2.68. The molecule has 1 aromatic rings. The predicted octanol–water partition coefficient (Wildman–Crippen LogP) is 1.35. The van der Waals surface area contributed by atoms with Crippen LogP contribution in [0.25, 0.3) is 0 Å². The maximum absolute atomic E-state index is 12.3. The number of urea groups is 1. The van der Waals surface area contributed by atoms with E-state index in [1.807, 2.05) is 0 Å². The average molecular weight is 338 g/mol. The van der Waals surface area contributed by atoms with Gasteiger partial charge >= 0.3 is 6.03 Å². The molecule has 1 saturated heterocycles. The molecule has 0 aromatic heterocycles. The lowest BCUT2D eigenvalue weighted by atomic mass is 10.1. The molecule has 6 nitrogen and oxygen atoms in total. The summed E-state index contributed by atoms with van der Waals surface area (Å²) in [5, 5.41) is 2.79. The Labute approximate surface area is 124 Å². The number of nitrogens with one attached hydrogen (secondary N) is 1. The van der Waals surface area contributed by atoms with Gasteiger partial charge in [0, 0.05) is 18.1 Å². The standard InChI is InChI=1S/C13H12BrN3O3/c14-6-7-15-8-10-11(18)16-13(20)17(12(10)19)9-4-2-1-3-5-9/h1-5,8,10H,6-7H2,(H,16,18,20)/t10-/m1/s1. The minimum absolute atomic E-state index is 0.418. The highest BCUT2D eigenvalue weighted by molar-refractivity contribution is 9.09. The van der Waals surface area contributed by atoms with E-state index in [1.165, 1.54) is 6.21 Å². The van der Waals surface area contributed by atoms with Crippen LogP contribution >= 0.6 is 15.9 Å². The number of hydrogen-bond acceptors (Lipinski definition) is 4. The summed E-state index contributed by atoms with van der Waals surface area (Å²) in [7, 11) is 0. The largest absolute Gasteiger partial charge is 0.335 e. The summed E-state index contributed by atoms with van der Waals surface area (Å²) in [6.07, 6.45) is 1.28. The minimum Gasteiger partial charge on any atom is -0.295 e. The fourth-order valence-electron chi connectivity index (χ4n) is 1.77. The van der Waals surface area contributed by atoms with Crippen molar-refractivity contribution >= 4 is 45.7 Å². The van der Waals surface area contributed by atoms with Gasteiger partial charge in [-0.3, -0.25) is 19.9 Å². The van der Waals surface area contributed by atoms with Crippen molar-refractivity contribution in [3.63, 3.8) is 0 Å². The SMILES string of the molecule is O=C1NC(=O)N(c2ccccc2)C(=O)[C@@H]1C=NCCBr. The number of rotatable bonds is 4. The number of halogens is 1. The molecule has 0 saturated carbocycles. The smallest absolute Gasteiger partial charge is 0.295 e. The Morgan fingerprint density at radius 1 is 1.25 bits per heavy atom. The van der Waals surface area contributed by atoms with Gasteiger partial charge in [-0.2, -0.15) is 0 Å². The molecule has 20 heavy (non-hydrogen) atoms. The number of anilines is 1. The fourth-order valence-corrected chi connectivity index (χ4v) is 1.98. The van der Waals surface area contributed by atoms with Gasteiger partial charge in [-0.1, -0.05) is 34.1 Å². The molecule has 1 aromatic carbocycles. The molecule has 2 rings (SSSR count). The summed E-state index contributed by atoms with van der Waals surface area (Å²) in [5.74, 6) is -2.32. The number of benzene rings is 1. The van der Waals surface area contributed by atoms with Crippen molar-refractivity contribution in [3.05, 3.63) is 30.3 Å². The second kappa shape index (κ2) is 6.42. The van der Waals surface area contributed by atoms with Gasteiger partial charge in [0.05, 0.1) is 5.69 Å². The molecule has 0 aliphatic carbocycles. The van der Waals surface area contributed by atoms with Crippen LogP contribution in [-0.4, -0.2) is 35.9 Å². The number of aliphatic imine (C=N–C) groups is 1. The quantitative estimate of drug-likeness (QED) is 0.511. The normalized spacial score (nSPS) is 19.6. The first-order valence-electron chi connectivity index (χ1n) is 5.95. The monoisotopic (exact) mass is 337 g/mol. The zero-order valence-corrected chi connectivity index (χ0v) is 12.0. The molecular formula is C13H12BrN3O3. The number of nitrogens with zero attached hydrogens (tertiary/aromatic N) is 2. The van der Waals surface area contributed by atoms with Crippen molar-refractivity contribution in [2.24, 2.45) is 10.9 Å². The highest BCUT2D eigenvalue weighted by Gasteiger charge is 2.40.